The highest BCUT2D eigenvalue weighted by molar-refractivity contribution is 7.14. The van der Waals surface area contributed by atoms with Crippen LogP contribution in [0.3, 0.4) is 0 Å². The normalized spacial score (nSPS) is 10.4. The van der Waals surface area contributed by atoms with Crippen molar-refractivity contribution in [3.8, 4) is 28.5 Å². The molecule has 0 aliphatic rings. The van der Waals surface area contributed by atoms with E-state index < -0.39 is 11.7 Å². The highest BCUT2D eigenvalue weighted by Gasteiger charge is 2.13. The highest BCUT2D eigenvalue weighted by Crippen LogP contribution is 2.34. The van der Waals surface area contributed by atoms with Crippen molar-refractivity contribution < 1.29 is 23.4 Å². The lowest BCUT2D eigenvalue weighted by Gasteiger charge is -2.08. The predicted octanol–water partition coefficient (Wildman–Crippen LogP) is 4.64. The lowest BCUT2D eigenvalue weighted by Crippen LogP contribution is -2.20. The first-order valence-electron chi connectivity index (χ1n) is 8.05. The standard InChI is InChI=1S/C19H16ClFN2O4S/c1-25-11-3-5-13(17(8-11)26-2)16-10-28-19(22-16)23-18(24)9-27-12-4-6-15(21)14(20)7-12/h3-8,10H,9H2,1-2H3,(H,22,23,24). The number of carbonyl (C=O) groups excluding carboxylic acids is 1. The monoisotopic (exact) mass is 422 g/mol. The van der Waals surface area contributed by atoms with E-state index in [1.165, 1.54) is 29.5 Å². The van der Waals surface area contributed by atoms with Crippen LogP contribution in [0.15, 0.2) is 41.8 Å². The number of nitrogens with zero attached hydrogens (tertiary/aromatic N) is 1. The molecule has 2 aromatic carbocycles. The van der Waals surface area contributed by atoms with Crippen LogP contribution in [0.25, 0.3) is 11.3 Å². The van der Waals surface area contributed by atoms with Crippen LogP contribution < -0.4 is 19.5 Å². The summed E-state index contributed by atoms with van der Waals surface area (Å²) >= 11 is 6.95. The number of carbonyl (C=O) groups is 1. The lowest BCUT2D eigenvalue weighted by molar-refractivity contribution is -0.118. The summed E-state index contributed by atoms with van der Waals surface area (Å²) in [5.74, 6) is 0.622. The van der Waals surface area contributed by atoms with Gasteiger partial charge in [0.1, 0.15) is 23.1 Å². The minimum atomic E-state index is -0.553. The maximum atomic E-state index is 13.1. The van der Waals surface area contributed by atoms with Gasteiger partial charge in [0, 0.05) is 23.1 Å². The van der Waals surface area contributed by atoms with Crippen molar-refractivity contribution in [1.82, 2.24) is 4.98 Å². The van der Waals surface area contributed by atoms with Gasteiger partial charge in [-0.3, -0.25) is 10.1 Å². The average molecular weight is 423 g/mol. The Labute approximate surface area is 169 Å². The van der Waals surface area contributed by atoms with E-state index in [9.17, 15) is 9.18 Å². The Morgan fingerprint density at radius 3 is 2.68 bits per heavy atom. The zero-order chi connectivity index (χ0) is 20.1. The molecule has 0 fully saturated rings. The highest BCUT2D eigenvalue weighted by atomic mass is 35.5. The molecule has 0 bridgehead atoms. The van der Waals surface area contributed by atoms with Gasteiger partial charge in [-0.2, -0.15) is 0 Å². The van der Waals surface area contributed by atoms with Crippen molar-refractivity contribution in [2.24, 2.45) is 0 Å². The second kappa shape index (κ2) is 8.90. The van der Waals surface area contributed by atoms with Crippen LogP contribution in [0.2, 0.25) is 5.02 Å². The molecule has 0 unspecified atom stereocenters. The molecule has 0 saturated heterocycles. The Morgan fingerprint density at radius 1 is 1.18 bits per heavy atom. The Hall–Kier alpha value is -2.84. The van der Waals surface area contributed by atoms with Crippen LogP contribution in [0.4, 0.5) is 9.52 Å². The van der Waals surface area contributed by atoms with Gasteiger partial charge < -0.3 is 14.2 Å². The summed E-state index contributed by atoms with van der Waals surface area (Å²) in [5.41, 5.74) is 1.43. The van der Waals surface area contributed by atoms with Gasteiger partial charge in [-0.1, -0.05) is 11.6 Å². The second-order valence-electron chi connectivity index (χ2n) is 5.52. The van der Waals surface area contributed by atoms with Gasteiger partial charge in [0.25, 0.3) is 5.91 Å². The molecule has 146 valence electrons. The first kappa shape index (κ1) is 19.9. The Morgan fingerprint density at radius 2 is 1.96 bits per heavy atom. The fourth-order valence-electron chi connectivity index (χ4n) is 2.34. The smallest absolute Gasteiger partial charge is 0.264 e. The molecule has 1 amide bonds. The minimum Gasteiger partial charge on any atom is -0.497 e. The van der Waals surface area contributed by atoms with E-state index in [1.807, 2.05) is 6.07 Å². The van der Waals surface area contributed by atoms with Crippen molar-refractivity contribution in [1.29, 1.82) is 0 Å². The molecule has 0 aliphatic heterocycles. The number of amides is 1. The summed E-state index contributed by atoms with van der Waals surface area (Å²) in [4.78, 5) is 16.5. The van der Waals surface area contributed by atoms with E-state index in [0.717, 1.165) is 5.56 Å². The molecular weight excluding hydrogens is 407 g/mol. The molecule has 0 atom stereocenters. The van der Waals surface area contributed by atoms with E-state index in [0.29, 0.717) is 28.1 Å². The molecule has 1 N–H and O–H groups in total. The number of rotatable bonds is 7. The van der Waals surface area contributed by atoms with Gasteiger partial charge >= 0.3 is 0 Å². The van der Waals surface area contributed by atoms with E-state index >= 15 is 0 Å². The lowest BCUT2D eigenvalue weighted by atomic mass is 10.1. The number of hydrogen-bond acceptors (Lipinski definition) is 6. The molecule has 1 heterocycles. The number of halogens is 2. The van der Waals surface area contributed by atoms with E-state index in [-0.39, 0.29) is 11.6 Å². The maximum Gasteiger partial charge on any atom is 0.264 e. The zero-order valence-electron chi connectivity index (χ0n) is 15.0. The summed E-state index contributed by atoms with van der Waals surface area (Å²) in [5, 5.41) is 4.81. The van der Waals surface area contributed by atoms with Crippen LogP contribution >= 0.6 is 22.9 Å². The molecule has 1 aromatic heterocycles. The quantitative estimate of drug-likeness (QED) is 0.600. The molecule has 0 aliphatic carbocycles. The summed E-state index contributed by atoms with van der Waals surface area (Å²) in [6.45, 7) is -0.261. The number of methoxy groups -OCH3 is 2. The van der Waals surface area contributed by atoms with Gasteiger partial charge in [-0.15, -0.1) is 11.3 Å². The topological polar surface area (TPSA) is 69.7 Å². The molecule has 0 radical (unpaired) electrons. The molecule has 3 rings (SSSR count). The van der Waals surface area contributed by atoms with Crippen molar-refractivity contribution in [3.63, 3.8) is 0 Å². The number of hydrogen-bond donors (Lipinski definition) is 1. The van der Waals surface area contributed by atoms with Crippen LogP contribution in [-0.4, -0.2) is 31.7 Å². The van der Waals surface area contributed by atoms with Crippen molar-refractivity contribution in [2.45, 2.75) is 0 Å². The number of ether oxygens (including phenoxy) is 3. The summed E-state index contributed by atoms with van der Waals surface area (Å²) < 4.78 is 29.0. The predicted molar refractivity (Wildman–Crippen MR) is 106 cm³/mol. The number of nitrogens with one attached hydrogen (secondary N) is 1. The van der Waals surface area contributed by atoms with Crippen molar-refractivity contribution >= 4 is 34.0 Å². The van der Waals surface area contributed by atoms with Gasteiger partial charge in [-0.05, 0) is 24.3 Å². The summed E-state index contributed by atoms with van der Waals surface area (Å²) in [7, 11) is 3.14. The van der Waals surface area contributed by atoms with Gasteiger partial charge in [-0.25, -0.2) is 9.37 Å². The molecule has 3 aromatic rings. The maximum absolute atomic E-state index is 13.1. The van der Waals surface area contributed by atoms with Crippen LogP contribution in [0.5, 0.6) is 17.2 Å². The van der Waals surface area contributed by atoms with E-state index in [2.05, 4.69) is 10.3 Å². The Kier molecular flexibility index (Phi) is 6.33. The number of anilines is 1. The Balaban J connectivity index is 1.64. The fourth-order valence-corrected chi connectivity index (χ4v) is 3.23. The minimum absolute atomic E-state index is 0.0732. The van der Waals surface area contributed by atoms with Gasteiger partial charge in [0.15, 0.2) is 11.7 Å². The van der Waals surface area contributed by atoms with Crippen LogP contribution in [0.1, 0.15) is 0 Å². The molecule has 0 spiro atoms. The summed E-state index contributed by atoms with van der Waals surface area (Å²) in [6.07, 6.45) is 0. The molecule has 6 nitrogen and oxygen atoms in total. The molecule has 9 heteroatoms. The first-order chi connectivity index (χ1) is 13.5. The molecule has 28 heavy (non-hydrogen) atoms. The third-order valence-electron chi connectivity index (χ3n) is 3.70. The third-order valence-corrected chi connectivity index (χ3v) is 4.74. The van der Waals surface area contributed by atoms with E-state index in [1.54, 1.807) is 31.7 Å². The van der Waals surface area contributed by atoms with Crippen LogP contribution in [0, 0.1) is 5.82 Å². The SMILES string of the molecule is COc1ccc(-c2csc(NC(=O)COc3ccc(F)c(Cl)c3)n2)c(OC)c1. The van der Waals surface area contributed by atoms with Crippen LogP contribution in [-0.2, 0) is 4.79 Å². The molecular formula is C19H16ClFN2O4S. The van der Waals surface area contributed by atoms with Crippen molar-refractivity contribution in [3.05, 3.63) is 52.6 Å². The number of benzene rings is 2. The fraction of sp³-hybridized carbons (Fsp3) is 0.158. The van der Waals surface area contributed by atoms with Gasteiger partial charge in [0.2, 0.25) is 0 Å². The number of thiazole rings is 1. The first-order valence-corrected chi connectivity index (χ1v) is 9.31. The molecule has 0 saturated carbocycles. The Bertz CT molecular complexity index is 996. The largest absolute Gasteiger partial charge is 0.497 e. The van der Waals surface area contributed by atoms with E-state index in [4.69, 9.17) is 25.8 Å². The zero-order valence-corrected chi connectivity index (χ0v) is 16.6. The summed E-state index contributed by atoms with van der Waals surface area (Å²) in [6, 6.07) is 9.27. The van der Waals surface area contributed by atoms with Gasteiger partial charge in [0.05, 0.1) is 24.9 Å². The third kappa shape index (κ3) is 4.71. The number of aromatic nitrogens is 1. The second-order valence-corrected chi connectivity index (χ2v) is 6.78. The van der Waals surface area contributed by atoms with Crippen molar-refractivity contribution in [2.75, 3.05) is 26.1 Å². The average Bonchev–Trinajstić information content (AvgIpc) is 3.16.